The van der Waals surface area contributed by atoms with Crippen LogP contribution in [0.1, 0.15) is 48.5 Å². The largest absolute Gasteiger partial charge is 0.481 e. The molecule has 0 radical (unpaired) electrons. The number of hydrogen-bond donors (Lipinski definition) is 2. The van der Waals surface area contributed by atoms with Crippen LogP contribution in [-0.2, 0) is 27.8 Å². The summed E-state index contributed by atoms with van der Waals surface area (Å²) in [5, 5.41) is 12.7. The quantitative estimate of drug-likeness (QED) is 0.373. The number of carboxylic acids is 1. The van der Waals surface area contributed by atoms with Gasteiger partial charge in [-0.1, -0.05) is 29.8 Å². The van der Waals surface area contributed by atoms with Crippen molar-refractivity contribution in [3.63, 3.8) is 0 Å². The van der Waals surface area contributed by atoms with Crippen LogP contribution in [0.25, 0.3) is 10.9 Å². The summed E-state index contributed by atoms with van der Waals surface area (Å²) in [6.45, 7) is 2.14. The Morgan fingerprint density at radius 1 is 1.21 bits per heavy atom. The first-order chi connectivity index (χ1) is 18.5. The first-order valence-electron chi connectivity index (χ1n) is 13.0. The predicted molar refractivity (Wildman–Crippen MR) is 148 cm³/mol. The molecule has 2 aromatic carbocycles. The van der Waals surface area contributed by atoms with Gasteiger partial charge in [0.25, 0.3) is 5.91 Å². The lowest BCUT2D eigenvalue weighted by atomic mass is 9.87. The second-order valence-corrected chi connectivity index (χ2v) is 10.6. The summed E-state index contributed by atoms with van der Waals surface area (Å²) in [5.41, 5.74) is 1.58. The molecule has 0 unspecified atom stereocenters. The van der Waals surface area contributed by atoms with Crippen LogP contribution < -0.4 is 5.32 Å². The minimum absolute atomic E-state index is 0.0283. The summed E-state index contributed by atoms with van der Waals surface area (Å²) in [4.78, 5) is 38.5. The van der Waals surface area contributed by atoms with Gasteiger partial charge in [0.1, 0.15) is 5.82 Å². The van der Waals surface area contributed by atoms with Gasteiger partial charge in [-0.3, -0.25) is 14.4 Å². The lowest BCUT2D eigenvalue weighted by molar-refractivity contribution is -0.144. The molecule has 10 heteroatoms. The number of aryl methyl sites for hydroxylation is 1. The van der Waals surface area contributed by atoms with Crippen LogP contribution in [0.15, 0.2) is 42.6 Å². The SMILES string of the molecule is C[C@@H](CO[C@H]1CC[C@H](C(=O)O)CC1)N(C)C(=O)Cc1cc(Cl)c(NC(=O)c2cn(C)c3ccccc23)cc1F. The van der Waals surface area contributed by atoms with Crippen LogP contribution in [0.3, 0.4) is 0 Å². The lowest BCUT2D eigenvalue weighted by Gasteiger charge is -2.30. The van der Waals surface area contributed by atoms with Gasteiger partial charge in [0, 0.05) is 31.2 Å². The number of rotatable bonds is 9. The van der Waals surface area contributed by atoms with Crippen molar-refractivity contribution in [3.05, 3.63) is 64.6 Å². The molecule has 1 fully saturated rings. The number of likely N-dealkylation sites (N-methyl/N-ethyl adjacent to an activating group) is 1. The molecule has 1 aromatic heterocycles. The van der Waals surface area contributed by atoms with Gasteiger partial charge in [0.05, 0.1) is 47.4 Å². The predicted octanol–water partition coefficient (Wildman–Crippen LogP) is 5.27. The molecule has 0 bridgehead atoms. The van der Waals surface area contributed by atoms with Crippen molar-refractivity contribution < 1.29 is 28.6 Å². The van der Waals surface area contributed by atoms with Crippen molar-refractivity contribution in [1.82, 2.24) is 9.47 Å². The summed E-state index contributed by atoms with van der Waals surface area (Å²) >= 11 is 6.38. The Morgan fingerprint density at radius 2 is 1.90 bits per heavy atom. The normalized spacial score (nSPS) is 18.1. The molecule has 8 nitrogen and oxygen atoms in total. The van der Waals surface area contributed by atoms with Crippen molar-refractivity contribution in [1.29, 1.82) is 0 Å². The van der Waals surface area contributed by atoms with Gasteiger partial charge < -0.3 is 24.6 Å². The first kappa shape index (κ1) is 28.6. The molecular weight excluding hydrogens is 525 g/mol. The van der Waals surface area contributed by atoms with Crippen molar-refractivity contribution in [2.24, 2.45) is 13.0 Å². The highest BCUT2D eigenvalue weighted by atomic mass is 35.5. The van der Waals surface area contributed by atoms with Crippen LogP contribution in [-0.4, -0.2) is 58.2 Å². The molecule has 1 aliphatic carbocycles. The van der Waals surface area contributed by atoms with Gasteiger partial charge in [0.15, 0.2) is 0 Å². The third-order valence-electron chi connectivity index (χ3n) is 7.52. The fourth-order valence-electron chi connectivity index (χ4n) is 4.93. The summed E-state index contributed by atoms with van der Waals surface area (Å²) in [5.74, 6) is -2.44. The van der Waals surface area contributed by atoms with Gasteiger partial charge in [-0.2, -0.15) is 0 Å². The topological polar surface area (TPSA) is 101 Å². The second-order valence-electron chi connectivity index (χ2n) is 10.2. The minimum Gasteiger partial charge on any atom is -0.481 e. The van der Waals surface area contributed by atoms with E-state index < -0.39 is 17.7 Å². The number of nitrogens with zero attached hydrogens (tertiary/aromatic N) is 2. The maximum absolute atomic E-state index is 15.0. The molecule has 39 heavy (non-hydrogen) atoms. The molecule has 2 N–H and O–H groups in total. The summed E-state index contributed by atoms with van der Waals surface area (Å²) < 4.78 is 22.8. The van der Waals surface area contributed by atoms with Gasteiger partial charge in [-0.05, 0) is 56.4 Å². The fraction of sp³-hybridized carbons (Fsp3) is 0.414. The van der Waals surface area contributed by atoms with E-state index in [1.54, 1.807) is 13.2 Å². The highest BCUT2D eigenvalue weighted by Gasteiger charge is 2.27. The number of anilines is 1. The molecular formula is C29H33ClFN3O5. The van der Waals surface area contributed by atoms with Crippen LogP contribution >= 0.6 is 11.6 Å². The average Bonchev–Trinajstić information content (AvgIpc) is 3.26. The third-order valence-corrected chi connectivity index (χ3v) is 7.83. The van der Waals surface area contributed by atoms with E-state index in [0.717, 1.165) is 17.0 Å². The van der Waals surface area contributed by atoms with E-state index in [2.05, 4.69) is 5.32 Å². The Hall–Kier alpha value is -3.43. The zero-order valence-corrected chi connectivity index (χ0v) is 23.0. The molecule has 208 valence electrons. The number of aromatic nitrogens is 1. The first-order valence-corrected chi connectivity index (χ1v) is 13.4. The van der Waals surface area contributed by atoms with Gasteiger partial charge in [-0.15, -0.1) is 0 Å². The highest BCUT2D eigenvalue weighted by molar-refractivity contribution is 6.34. The van der Waals surface area contributed by atoms with E-state index in [9.17, 15) is 18.8 Å². The van der Waals surface area contributed by atoms with Crippen LogP contribution in [0.5, 0.6) is 0 Å². The maximum Gasteiger partial charge on any atom is 0.306 e. The molecule has 1 atom stereocenters. The number of carbonyl (C=O) groups excluding carboxylic acids is 2. The number of carboxylic acid groups (broad SMARTS) is 1. The van der Waals surface area contributed by atoms with Crippen LogP contribution in [0.2, 0.25) is 5.02 Å². The Labute approximate surface area is 231 Å². The molecule has 0 spiro atoms. The molecule has 1 saturated carbocycles. The summed E-state index contributed by atoms with van der Waals surface area (Å²) in [6, 6.07) is 9.71. The number of carbonyl (C=O) groups is 3. The van der Waals surface area contributed by atoms with Crippen molar-refractivity contribution in [2.75, 3.05) is 19.0 Å². The van der Waals surface area contributed by atoms with Crippen molar-refractivity contribution in [2.45, 2.75) is 51.2 Å². The number of fused-ring (bicyclic) bond motifs is 1. The second kappa shape index (κ2) is 12.2. The van der Waals surface area contributed by atoms with E-state index in [1.807, 2.05) is 42.8 Å². The zero-order chi connectivity index (χ0) is 28.3. The molecule has 4 rings (SSSR count). The number of halogens is 2. The standard InChI is InChI=1S/C29H33ClFN3O5/c1-17(16-39-20-10-8-18(9-11-20)29(37)38)34(3)27(35)13-19-12-23(30)25(14-24(19)31)32-28(36)22-15-33(2)26-7-5-4-6-21(22)26/h4-7,12,14-15,17-18,20H,8-11,13,16H2,1-3H3,(H,32,36)(H,37,38)/t17-,18-,20-/m0/s1. The summed E-state index contributed by atoms with van der Waals surface area (Å²) in [7, 11) is 3.48. The fourth-order valence-corrected chi connectivity index (χ4v) is 5.16. The maximum atomic E-state index is 15.0. The number of para-hydroxylation sites is 1. The number of ether oxygens (including phenoxy) is 1. The van der Waals surface area contributed by atoms with E-state index in [0.29, 0.717) is 37.9 Å². The van der Waals surface area contributed by atoms with Gasteiger partial charge >= 0.3 is 5.97 Å². The Kier molecular flexibility index (Phi) is 8.92. The number of nitrogens with one attached hydrogen (secondary N) is 1. The molecule has 1 aliphatic rings. The van der Waals surface area contributed by atoms with Crippen LogP contribution in [0, 0.1) is 11.7 Å². The average molecular weight is 558 g/mol. The molecule has 2 amide bonds. The summed E-state index contributed by atoms with van der Waals surface area (Å²) in [6.07, 6.45) is 4.00. The number of hydrogen-bond acceptors (Lipinski definition) is 4. The number of benzene rings is 2. The Bertz CT molecular complexity index is 1380. The Morgan fingerprint density at radius 3 is 2.59 bits per heavy atom. The number of aliphatic carboxylic acids is 1. The zero-order valence-electron chi connectivity index (χ0n) is 22.2. The molecule has 3 aromatic rings. The Balaban J connectivity index is 1.34. The monoisotopic (exact) mass is 557 g/mol. The highest BCUT2D eigenvalue weighted by Crippen LogP contribution is 2.29. The van der Waals surface area contributed by atoms with Crippen LogP contribution in [0.4, 0.5) is 10.1 Å². The smallest absolute Gasteiger partial charge is 0.306 e. The molecule has 0 saturated heterocycles. The lowest BCUT2D eigenvalue weighted by Crippen LogP contribution is -2.40. The van der Waals surface area contributed by atoms with E-state index in [1.165, 1.54) is 11.0 Å². The minimum atomic E-state index is -0.764. The number of amides is 2. The molecule has 1 heterocycles. The van der Waals surface area contributed by atoms with E-state index in [-0.39, 0.29) is 46.7 Å². The third kappa shape index (κ3) is 6.59. The van der Waals surface area contributed by atoms with Crippen molar-refractivity contribution >= 4 is 46.0 Å². The molecule has 0 aliphatic heterocycles. The van der Waals surface area contributed by atoms with Crippen molar-refractivity contribution in [3.8, 4) is 0 Å². The van der Waals surface area contributed by atoms with Gasteiger partial charge in [-0.25, -0.2) is 4.39 Å². The van der Waals surface area contributed by atoms with Gasteiger partial charge in [0.2, 0.25) is 5.91 Å². The van der Waals surface area contributed by atoms with E-state index >= 15 is 0 Å². The van der Waals surface area contributed by atoms with E-state index in [4.69, 9.17) is 21.4 Å².